The number of hydrogen-bond donors (Lipinski definition) is 2. The number of rotatable bonds is 4. The van der Waals surface area contributed by atoms with Crippen LogP contribution in [0.3, 0.4) is 0 Å². The van der Waals surface area contributed by atoms with Crippen LogP contribution in [0.1, 0.15) is 37.9 Å². The van der Waals surface area contributed by atoms with Crippen molar-refractivity contribution in [3.63, 3.8) is 0 Å². The highest BCUT2D eigenvalue weighted by Gasteiger charge is 2.32. The predicted molar refractivity (Wildman–Crippen MR) is 117 cm³/mol. The third kappa shape index (κ3) is 6.16. The molecule has 1 heterocycles. The second-order valence-corrected chi connectivity index (χ2v) is 7.09. The molecule has 1 aliphatic rings. The van der Waals surface area contributed by atoms with Crippen molar-refractivity contribution in [2.24, 2.45) is 4.99 Å². The van der Waals surface area contributed by atoms with Crippen LogP contribution in [0.15, 0.2) is 71.8 Å². The smallest absolute Gasteiger partial charge is 0.192 e. The minimum Gasteiger partial charge on any atom is -0.347 e. The van der Waals surface area contributed by atoms with Crippen molar-refractivity contribution in [3.8, 4) is 0 Å². The molecule has 0 radical (unpaired) electrons. The highest BCUT2D eigenvalue weighted by Crippen LogP contribution is 2.26. The first-order valence-electron chi connectivity index (χ1n) is 9.36. The lowest BCUT2D eigenvalue weighted by molar-refractivity contribution is 0.507. The fourth-order valence-electron chi connectivity index (χ4n) is 2.90. The number of aliphatic imine (C=N–C) groups is 1. The van der Waals surface area contributed by atoms with Gasteiger partial charge in [0.05, 0.1) is 18.6 Å². The molecule has 3 rings (SSSR count). The van der Waals surface area contributed by atoms with E-state index in [1.54, 1.807) is 6.08 Å². The van der Waals surface area contributed by atoms with Gasteiger partial charge in [-0.3, -0.25) is 0 Å². The Balaban J connectivity index is 0.000000941. The lowest BCUT2D eigenvalue weighted by Gasteiger charge is -2.19. The maximum absolute atomic E-state index is 13.3. The number of guanidine groups is 1. The number of benzene rings is 2. The van der Waals surface area contributed by atoms with E-state index >= 15 is 0 Å². The maximum Gasteiger partial charge on any atom is 0.192 e. The zero-order chi connectivity index (χ0) is 21.4. The molecule has 1 aliphatic heterocycles. The lowest BCUT2D eigenvalue weighted by Crippen LogP contribution is -2.29. The molecule has 3 nitrogen and oxygen atoms in total. The molecule has 2 aromatic carbocycles. The Kier molecular flexibility index (Phi) is 8.40. The van der Waals surface area contributed by atoms with Gasteiger partial charge in [-0.1, -0.05) is 47.5 Å². The summed E-state index contributed by atoms with van der Waals surface area (Å²) in [5, 5.41) is 7.43. The van der Waals surface area contributed by atoms with E-state index in [2.05, 4.69) is 35.2 Å². The van der Waals surface area contributed by atoms with E-state index in [0.29, 0.717) is 16.5 Å². The van der Waals surface area contributed by atoms with Crippen molar-refractivity contribution in [1.29, 1.82) is 0 Å². The lowest BCUT2D eigenvalue weighted by atomic mass is 9.95. The highest BCUT2D eigenvalue weighted by molar-refractivity contribution is 6.30. The number of allylic oxidation sites excluding steroid dienone is 2. The number of nitrogens with zero attached hydrogens (tertiary/aromatic N) is 1. The zero-order valence-electron chi connectivity index (χ0n) is 16.8. The summed E-state index contributed by atoms with van der Waals surface area (Å²) in [4.78, 5) is 4.48. The van der Waals surface area contributed by atoms with Crippen LogP contribution in [0, 0.1) is 11.6 Å². The van der Waals surface area contributed by atoms with Gasteiger partial charge >= 0.3 is 0 Å². The van der Waals surface area contributed by atoms with Crippen molar-refractivity contribution in [3.05, 3.63) is 94.6 Å². The van der Waals surface area contributed by atoms with Gasteiger partial charge in [0.2, 0.25) is 0 Å². The zero-order valence-corrected chi connectivity index (χ0v) is 17.6. The Hall–Kier alpha value is -2.66. The van der Waals surface area contributed by atoms with E-state index in [-0.39, 0.29) is 18.6 Å². The van der Waals surface area contributed by atoms with Crippen LogP contribution in [0.25, 0.3) is 0 Å². The molecule has 154 valence electrons. The van der Waals surface area contributed by atoms with Gasteiger partial charge in [0.25, 0.3) is 0 Å². The molecule has 1 fully saturated rings. The Morgan fingerprint density at radius 1 is 1.10 bits per heavy atom. The van der Waals surface area contributed by atoms with Crippen LogP contribution in [-0.4, -0.2) is 12.0 Å². The predicted octanol–water partition coefficient (Wildman–Crippen LogP) is 5.94. The van der Waals surface area contributed by atoms with Gasteiger partial charge in [-0.25, -0.2) is 13.8 Å². The first kappa shape index (κ1) is 22.6. The van der Waals surface area contributed by atoms with E-state index in [0.717, 1.165) is 11.6 Å². The van der Waals surface area contributed by atoms with Crippen molar-refractivity contribution >= 4 is 17.6 Å². The van der Waals surface area contributed by atoms with Gasteiger partial charge in [-0.05, 0) is 56.2 Å². The van der Waals surface area contributed by atoms with E-state index in [1.165, 1.54) is 17.7 Å². The third-order valence-corrected chi connectivity index (χ3v) is 4.75. The molecule has 0 aromatic heterocycles. The Labute approximate surface area is 176 Å². The normalized spacial score (nSPS) is 19.8. The summed E-state index contributed by atoms with van der Waals surface area (Å²) in [6, 6.07) is 11.5. The van der Waals surface area contributed by atoms with Gasteiger partial charge in [0, 0.05) is 5.02 Å². The molecule has 2 N–H and O–H groups in total. The van der Waals surface area contributed by atoms with E-state index < -0.39 is 11.6 Å². The molecule has 0 saturated carbocycles. The van der Waals surface area contributed by atoms with Gasteiger partial charge in [-0.2, -0.15) is 0 Å². The Morgan fingerprint density at radius 3 is 2.34 bits per heavy atom. The van der Waals surface area contributed by atoms with Crippen LogP contribution in [0.5, 0.6) is 0 Å². The van der Waals surface area contributed by atoms with E-state index in [1.807, 2.05) is 38.1 Å². The molecule has 0 unspecified atom stereocenters. The fourth-order valence-corrected chi connectivity index (χ4v) is 3.03. The Bertz CT molecular complexity index is 891. The molecule has 2 aromatic rings. The average Bonchev–Trinajstić information content (AvgIpc) is 3.14. The van der Waals surface area contributed by atoms with Crippen molar-refractivity contribution < 1.29 is 8.78 Å². The minimum absolute atomic E-state index is 0.00664. The van der Waals surface area contributed by atoms with Crippen molar-refractivity contribution in [2.75, 3.05) is 0 Å². The van der Waals surface area contributed by atoms with Gasteiger partial charge in [-0.15, -0.1) is 6.58 Å². The summed E-state index contributed by atoms with van der Waals surface area (Å²) in [7, 11) is 0. The summed E-state index contributed by atoms with van der Waals surface area (Å²) in [5.74, 6) is -1.09. The third-order valence-electron chi connectivity index (χ3n) is 4.50. The van der Waals surface area contributed by atoms with E-state index in [9.17, 15) is 8.78 Å². The molecule has 0 amide bonds. The summed E-state index contributed by atoms with van der Waals surface area (Å²) in [5.41, 5.74) is 2.87. The van der Waals surface area contributed by atoms with Gasteiger partial charge in [0.15, 0.2) is 17.6 Å². The molecule has 0 spiro atoms. The number of halogens is 3. The molecule has 6 heteroatoms. The van der Waals surface area contributed by atoms with Crippen LogP contribution >= 0.6 is 11.6 Å². The fraction of sp³-hybridized carbons (Fsp3) is 0.261. The molecule has 1 saturated heterocycles. The highest BCUT2D eigenvalue weighted by atomic mass is 35.5. The molecular formula is C23H26ClF2N3. The Morgan fingerprint density at radius 2 is 1.76 bits per heavy atom. The van der Waals surface area contributed by atoms with Crippen molar-refractivity contribution in [1.82, 2.24) is 10.6 Å². The standard InChI is InChI=1S/C20H20ClF2N3.C3H6/c1-3-12(2)18-19(14-5-7-15(21)8-6-14)26-20(25-18)24-11-13-4-9-16(22)17(23)10-13;1-3-2/h3-10,18-19H,11H2,1-2H3,(H2,24,25,26);3H,1H2,2H3/b12-3+;/t18-,19+;/m1./s1. The van der Waals surface area contributed by atoms with Gasteiger partial charge < -0.3 is 10.6 Å². The largest absolute Gasteiger partial charge is 0.347 e. The topological polar surface area (TPSA) is 36.4 Å². The quantitative estimate of drug-likeness (QED) is 0.604. The van der Waals surface area contributed by atoms with Crippen LogP contribution < -0.4 is 10.6 Å². The van der Waals surface area contributed by atoms with Crippen LogP contribution in [-0.2, 0) is 6.54 Å². The first-order chi connectivity index (χ1) is 13.9. The second-order valence-electron chi connectivity index (χ2n) is 6.65. The van der Waals surface area contributed by atoms with E-state index in [4.69, 9.17) is 11.6 Å². The van der Waals surface area contributed by atoms with Crippen molar-refractivity contribution in [2.45, 2.75) is 39.4 Å². The maximum atomic E-state index is 13.3. The number of nitrogens with one attached hydrogen (secondary N) is 2. The molecule has 0 bridgehead atoms. The average molecular weight is 418 g/mol. The van der Waals surface area contributed by atoms with Crippen LogP contribution in [0.4, 0.5) is 8.78 Å². The summed E-state index contributed by atoms with van der Waals surface area (Å²) < 4.78 is 26.4. The monoisotopic (exact) mass is 417 g/mol. The summed E-state index contributed by atoms with van der Waals surface area (Å²) in [6.45, 7) is 9.55. The molecule has 2 atom stereocenters. The minimum atomic E-state index is -0.864. The SMILES string of the molecule is C/C=C(\C)[C@H]1NC(=NCc2ccc(F)c(F)c2)N[C@H]1c1ccc(Cl)cc1.C=CC. The first-order valence-corrected chi connectivity index (χ1v) is 9.74. The molecule has 29 heavy (non-hydrogen) atoms. The summed E-state index contributed by atoms with van der Waals surface area (Å²) >= 11 is 5.99. The molecule has 0 aliphatic carbocycles. The van der Waals surface area contributed by atoms with Gasteiger partial charge in [0.1, 0.15) is 0 Å². The number of hydrogen-bond acceptors (Lipinski definition) is 1. The van der Waals surface area contributed by atoms with Crippen LogP contribution in [0.2, 0.25) is 5.02 Å². The molecular weight excluding hydrogens is 392 g/mol. The summed E-state index contributed by atoms with van der Waals surface area (Å²) in [6.07, 6.45) is 3.81. The second kappa shape index (κ2) is 10.8.